The van der Waals surface area contributed by atoms with Crippen molar-refractivity contribution in [2.24, 2.45) is 5.73 Å². The summed E-state index contributed by atoms with van der Waals surface area (Å²) in [4.78, 5) is 34.8. The minimum absolute atomic E-state index is 0.0342. The summed E-state index contributed by atoms with van der Waals surface area (Å²) in [6, 6.07) is 8.91. The third-order valence-corrected chi connectivity index (χ3v) is 2.65. The largest absolute Gasteiger partial charge is 0.467 e. The first-order valence-electron chi connectivity index (χ1n) is 5.98. The van der Waals surface area contributed by atoms with Gasteiger partial charge in [0.25, 0.3) is 0 Å². The van der Waals surface area contributed by atoms with Gasteiger partial charge in [0.05, 0.1) is 7.11 Å². The van der Waals surface area contributed by atoms with E-state index in [1.54, 1.807) is 24.3 Å². The molecule has 0 aliphatic carbocycles. The summed E-state index contributed by atoms with van der Waals surface area (Å²) >= 11 is 0. The highest BCUT2D eigenvalue weighted by Gasteiger charge is 2.46. The second-order valence-corrected chi connectivity index (χ2v) is 4.40. The van der Waals surface area contributed by atoms with Crippen molar-refractivity contribution in [1.82, 2.24) is 0 Å². The van der Waals surface area contributed by atoms with Crippen molar-refractivity contribution in [2.75, 3.05) is 7.11 Å². The molecule has 2 N–H and O–H groups in total. The van der Waals surface area contributed by atoms with E-state index in [1.807, 2.05) is 6.07 Å². The van der Waals surface area contributed by atoms with Gasteiger partial charge < -0.3 is 15.2 Å². The van der Waals surface area contributed by atoms with E-state index in [0.29, 0.717) is 0 Å². The number of carbonyl (C=O) groups excluding carboxylic acids is 3. The number of hydrogen-bond donors (Lipinski definition) is 1. The molecule has 1 aromatic carbocycles. The normalized spacial score (nSPS) is 13.2. The number of benzene rings is 1. The van der Waals surface area contributed by atoms with Crippen molar-refractivity contribution in [1.29, 1.82) is 0 Å². The van der Waals surface area contributed by atoms with Crippen molar-refractivity contribution in [3.05, 3.63) is 35.9 Å². The molecule has 0 heterocycles. The third kappa shape index (κ3) is 3.89. The summed E-state index contributed by atoms with van der Waals surface area (Å²) in [7, 11) is 1.09. The van der Waals surface area contributed by atoms with Crippen LogP contribution < -0.4 is 5.73 Å². The standard InChI is InChI=1S/C14H17NO5/c1-10(16)8-14(15,12(17)19-2)13(18)20-9-11-6-4-3-5-7-11/h3-7H,8-9,15H2,1-2H3. The molecule has 0 fully saturated rings. The van der Waals surface area contributed by atoms with E-state index in [9.17, 15) is 14.4 Å². The van der Waals surface area contributed by atoms with Gasteiger partial charge >= 0.3 is 11.9 Å². The smallest absolute Gasteiger partial charge is 0.338 e. The molecule has 0 saturated carbocycles. The second kappa shape index (κ2) is 6.81. The number of ketones is 1. The maximum absolute atomic E-state index is 12.0. The summed E-state index contributed by atoms with van der Waals surface area (Å²) in [5, 5.41) is 0. The predicted molar refractivity (Wildman–Crippen MR) is 70.5 cm³/mol. The van der Waals surface area contributed by atoms with E-state index in [2.05, 4.69) is 4.74 Å². The van der Waals surface area contributed by atoms with Crippen LogP contribution >= 0.6 is 0 Å². The zero-order valence-corrected chi connectivity index (χ0v) is 11.4. The number of rotatable bonds is 6. The van der Waals surface area contributed by atoms with Crippen LogP contribution in [0.1, 0.15) is 18.9 Å². The van der Waals surface area contributed by atoms with Gasteiger partial charge in [-0.3, -0.25) is 4.79 Å². The van der Waals surface area contributed by atoms with Crippen molar-refractivity contribution in [3.8, 4) is 0 Å². The third-order valence-electron chi connectivity index (χ3n) is 2.65. The Morgan fingerprint density at radius 3 is 2.25 bits per heavy atom. The highest BCUT2D eigenvalue weighted by Crippen LogP contribution is 2.14. The van der Waals surface area contributed by atoms with Gasteiger partial charge in [-0.25, -0.2) is 9.59 Å². The van der Waals surface area contributed by atoms with Crippen molar-refractivity contribution in [2.45, 2.75) is 25.5 Å². The molecule has 0 aromatic heterocycles. The van der Waals surface area contributed by atoms with Gasteiger partial charge in [-0.05, 0) is 12.5 Å². The molecule has 1 atom stereocenters. The maximum Gasteiger partial charge on any atom is 0.338 e. The lowest BCUT2D eigenvalue weighted by molar-refractivity contribution is -0.165. The highest BCUT2D eigenvalue weighted by atomic mass is 16.6. The number of nitrogens with two attached hydrogens (primary N) is 1. The summed E-state index contributed by atoms with van der Waals surface area (Å²) in [6.07, 6.45) is -0.465. The molecule has 0 bridgehead atoms. The second-order valence-electron chi connectivity index (χ2n) is 4.40. The molecule has 0 aliphatic rings. The number of esters is 2. The van der Waals surface area contributed by atoms with Crippen LogP contribution in [0.5, 0.6) is 0 Å². The Balaban J connectivity index is 2.78. The lowest BCUT2D eigenvalue weighted by Crippen LogP contribution is -2.57. The molecule has 6 nitrogen and oxygen atoms in total. The van der Waals surface area contributed by atoms with Crippen molar-refractivity contribution < 1.29 is 23.9 Å². The van der Waals surface area contributed by atoms with Crippen molar-refractivity contribution >= 4 is 17.7 Å². The van der Waals surface area contributed by atoms with Crippen LogP contribution in [0.2, 0.25) is 0 Å². The molecule has 6 heteroatoms. The maximum atomic E-state index is 12.0. The minimum Gasteiger partial charge on any atom is -0.467 e. The SMILES string of the molecule is COC(=O)C(N)(CC(C)=O)C(=O)OCc1ccccc1. The molecule has 1 unspecified atom stereocenters. The lowest BCUT2D eigenvalue weighted by atomic mass is 9.94. The van der Waals surface area contributed by atoms with Crippen LogP contribution in [0.3, 0.4) is 0 Å². The summed E-state index contributed by atoms with van der Waals surface area (Å²) in [6.45, 7) is 1.20. The molecule has 0 spiro atoms. The first-order valence-corrected chi connectivity index (χ1v) is 5.98. The molecule has 0 aliphatic heterocycles. The molecule has 0 radical (unpaired) electrons. The predicted octanol–water partition coefficient (Wildman–Crippen LogP) is 0.579. The Bertz CT molecular complexity index is 500. The van der Waals surface area contributed by atoms with Gasteiger partial charge in [-0.1, -0.05) is 30.3 Å². The number of ether oxygens (including phenoxy) is 2. The van der Waals surface area contributed by atoms with Crippen LogP contribution in [-0.4, -0.2) is 30.4 Å². The fourth-order valence-electron chi connectivity index (χ4n) is 1.65. The van der Waals surface area contributed by atoms with E-state index in [0.717, 1.165) is 12.7 Å². The van der Waals surface area contributed by atoms with E-state index < -0.39 is 29.7 Å². The zero-order valence-electron chi connectivity index (χ0n) is 11.4. The summed E-state index contributed by atoms with van der Waals surface area (Å²) in [5.41, 5.74) is 4.34. The van der Waals surface area contributed by atoms with Gasteiger partial charge in [-0.15, -0.1) is 0 Å². The molecule has 1 rings (SSSR count). The number of hydrogen-bond acceptors (Lipinski definition) is 6. The lowest BCUT2D eigenvalue weighted by Gasteiger charge is -2.23. The number of carbonyl (C=O) groups is 3. The zero-order chi connectivity index (χ0) is 15.2. The van der Waals surface area contributed by atoms with Gasteiger partial charge in [0.15, 0.2) is 0 Å². The molecule has 0 amide bonds. The molecule has 0 saturated heterocycles. The van der Waals surface area contributed by atoms with Gasteiger partial charge in [0.2, 0.25) is 5.54 Å². The Morgan fingerprint density at radius 2 is 1.75 bits per heavy atom. The van der Waals surface area contributed by atoms with E-state index in [4.69, 9.17) is 10.5 Å². The Morgan fingerprint density at radius 1 is 1.15 bits per heavy atom. The monoisotopic (exact) mass is 279 g/mol. The summed E-state index contributed by atoms with van der Waals surface area (Å²) in [5.74, 6) is -2.39. The number of methoxy groups -OCH3 is 1. The molecule has 20 heavy (non-hydrogen) atoms. The van der Waals surface area contributed by atoms with E-state index in [1.165, 1.54) is 6.92 Å². The molecule has 108 valence electrons. The highest BCUT2D eigenvalue weighted by molar-refractivity contribution is 6.07. The van der Waals surface area contributed by atoms with Gasteiger partial charge in [0.1, 0.15) is 12.4 Å². The first kappa shape index (κ1) is 15.8. The minimum atomic E-state index is -2.10. The quantitative estimate of drug-likeness (QED) is 0.604. The molecular formula is C14H17NO5. The number of Topliss-reactive ketones (excluding diaryl/α,β-unsaturated/α-hetero) is 1. The van der Waals surface area contributed by atoms with Crippen LogP contribution in [-0.2, 0) is 30.5 Å². The van der Waals surface area contributed by atoms with Crippen LogP contribution in [0.4, 0.5) is 0 Å². The Kier molecular flexibility index (Phi) is 5.40. The fraction of sp³-hybridized carbons (Fsp3) is 0.357. The first-order chi connectivity index (χ1) is 9.40. The summed E-state index contributed by atoms with van der Waals surface area (Å²) < 4.78 is 9.47. The average Bonchev–Trinajstić information content (AvgIpc) is 2.43. The van der Waals surface area contributed by atoms with Crippen LogP contribution in [0.25, 0.3) is 0 Å². The van der Waals surface area contributed by atoms with Crippen LogP contribution in [0, 0.1) is 0 Å². The Labute approximate surface area is 116 Å². The fourth-order valence-corrected chi connectivity index (χ4v) is 1.65. The Hall–Kier alpha value is -2.21. The van der Waals surface area contributed by atoms with Gasteiger partial charge in [-0.2, -0.15) is 0 Å². The van der Waals surface area contributed by atoms with Crippen LogP contribution in [0.15, 0.2) is 30.3 Å². The van der Waals surface area contributed by atoms with Gasteiger partial charge in [0, 0.05) is 6.42 Å². The van der Waals surface area contributed by atoms with Crippen molar-refractivity contribution in [3.63, 3.8) is 0 Å². The average molecular weight is 279 g/mol. The van der Waals surface area contributed by atoms with E-state index >= 15 is 0 Å². The van der Waals surface area contributed by atoms with E-state index in [-0.39, 0.29) is 6.61 Å². The molecule has 1 aromatic rings. The molecular weight excluding hydrogens is 262 g/mol. The topological polar surface area (TPSA) is 95.7 Å².